The lowest BCUT2D eigenvalue weighted by molar-refractivity contribution is -0.292. The van der Waals surface area contributed by atoms with Gasteiger partial charge in [0.25, 0.3) is 0 Å². The van der Waals surface area contributed by atoms with E-state index < -0.39 is 17.9 Å². The molecular formula is C16H12ClF5N4S. The zero-order chi connectivity index (χ0) is 20.0. The van der Waals surface area contributed by atoms with Gasteiger partial charge >= 0.3 is 12.1 Å². The van der Waals surface area contributed by atoms with Crippen molar-refractivity contribution in [2.24, 2.45) is 0 Å². The fourth-order valence-corrected chi connectivity index (χ4v) is 3.40. The molecule has 3 aromatic rings. The van der Waals surface area contributed by atoms with Gasteiger partial charge in [0.05, 0.1) is 15.8 Å². The average molecular weight is 423 g/mol. The molecule has 3 rings (SSSR count). The van der Waals surface area contributed by atoms with Crippen molar-refractivity contribution in [3.63, 3.8) is 0 Å². The molecular weight excluding hydrogens is 411 g/mol. The summed E-state index contributed by atoms with van der Waals surface area (Å²) >= 11 is 6.85. The highest BCUT2D eigenvalue weighted by atomic mass is 35.5. The molecule has 144 valence electrons. The number of hydrogen-bond donors (Lipinski definition) is 1. The second kappa shape index (κ2) is 6.75. The Labute approximate surface area is 159 Å². The molecule has 0 atom stereocenters. The van der Waals surface area contributed by atoms with Crippen molar-refractivity contribution < 1.29 is 22.0 Å². The van der Waals surface area contributed by atoms with Crippen molar-refractivity contribution >= 4 is 28.6 Å². The maximum absolute atomic E-state index is 13.8. The standard InChI is InChI=1S/C16H12ClF5N4S/c1-8-9(3-2-4-10(8)23)7-26-13(11-5-6-12(17)27-11)24-14(25-26)15(18,19)16(20,21)22/h2-6H,7,23H2,1H3. The molecule has 1 aromatic carbocycles. The van der Waals surface area contributed by atoms with E-state index in [1.165, 1.54) is 12.1 Å². The quantitative estimate of drug-likeness (QED) is 0.461. The SMILES string of the molecule is Cc1c(N)cccc1Cn1nc(C(F)(F)C(F)(F)F)nc1-c1ccc(Cl)s1. The van der Waals surface area contributed by atoms with Crippen LogP contribution in [0, 0.1) is 6.92 Å². The highest BCUT2D eigenvalue weighted by Crippen LogP contribution is 2.43. The highest BCUT2D eigenvalue weighted by molar-refractivity contribution is 7.19. The Morgan fingerprint density at radius 2 is 1.85 bits per heavy atom. The molecule has 0 saturated heterocycles. The highest BCUT2D eigenvalue weighted by Gasteiger charge is 2.62. The van der Waals surface area contributed by atoms with Crippen molar-refractivity contribution in [2.75, 3.05) is 5.73 Å². The summed E-state index contributed by atoms with van der Waals surface area (Å²) in [6.07, 6.45) is -5.81. The molecule has 0 aliphatic carbocycles. The molecule has 0 aliphatic rings. The van der Waals surface area contributed by atoms with Crippen LogP contribution in [0.4, 0.5) is 27.6 Å². The molecule has 0 amide bonds. The van der Waals surface area contributed by atoms with Crippen LogP contribution in [0.25, 0.3) is 10.7 Å². The second-order valence-corrected chi connectivity index (χ2v) is 7.44. The predicted molar refractivity (Wildman–Crippen MR) is 93.0 cm³/mol. The maximum Gasteiger partial charge on any atom is 0.461 e. The summed E-state index contributed by atoms with van der Waals surface area (Å²) in [4.78, 5) is 3.80. The van der Waals surface area contributed by atoms with Crippen molar-refractivity contribution in [1.82, 2.24) is 14.8 Å². The fraction of sp³-hybridized carbons (Fsp3) is 0.250. The van der Waals surface area contributed by atoms with E-state index in [1.54, 1.807) is 25.1 Å². The van der Waals surface area contributed by atoms with Gasteiger partial charge < -0.3 is 5.73 Å². The lowest BCUT2D eigenvalue weighted by atomic mass is 10.1. The lowest BCUT2D eigenvalue weighted by Gasteiger charge is -2.15. The van der Waals surface area contributed by atoms with Crippen LogP contribution in [0.1, 0.15) is 17.0 Å². The number of thiophene rings is 1. The van der Waals surface area contributed by atoms with Gasteiger partial charge in [-0.1, -0.05) is 23.7 Å². The molecule has 4 nitrogen and oxygen atoms in total. The summed E-state index contributed by atoms with van der Waals surface area (Å²) in [5.74, 6) is -6.93. The smallest absolute Gasteiger partial charge is 0.399 e. The van der Waals surface area contributed by atoms with Gasteiger partial charge in [-0.3, -0.25) is 0 Å². The normalized spacial score (nSPS) is 12.6. The largest absolute Gasteiger partial charge is 0.461 e. The monoisotopic (exact) mass is 422 g/mol. The first-order valence-corrected chi connectivity index (χ1v) is 8.69. The van der Waals surface area contributed by atoms with Crippen LogP contribution >= 0.6 is 22.9 Å². The zero-order valence-corrected chi connectivity index (χ0v) is 15.3. The first-order valence-electron chi connectivity index (χ1n) is 7.50. The Balaban J connectivity index is 2.12. The molecule has 2 aromatic heterocycles. The van der Waals surface area contributed by atoms with Crippen molar-refractivity contribution in [1.29, 1.82) is 0 Å². The predicted octanol–water partition coefficient (Wildman–Crippen LogP) is 5.25. The molecule has 0 aliphatic heterocycles. The van der Waals surface area contributed by atoms with E-state index in [0.717, 1.165) is 16.0 Å². The first kappa shape index (κ1) is 19.6. The Bertz CT molecular complexity index is 980. The van der Waals surface area contributed by atoms with Gasteiger partial charge in [0, 0.05) is 5.69 Å². The maximum atomic E-state index is 13.8. The van der Waals surface area contributed by atoms with E-state index in [9.17, 15) is 22.0 Å². The number of halogens is 6. The number of alkyl halides is 5. The molecule has 0 saturated carbocycles. The van der Waals surface area contributed by atoms with Gasteiger partial charge in [-0.05, 0) is 36.2 Å². The van der Waals surface area contributed by atoms with Gasteiger partial charge in [0.2, 0.25) is 5.82 Å². The van der Waals surface area contributed by atoms with Gasteiger partial charge in [0.15, 0.2) is 5.82 Å². The average Bonchev–Trinajstić information content (AvgIpc) is 3.17. The molecule has 0 spiro atoms. The summed E-state index contributed by atoms with van der Waals surface area (Å²) in [5.41, 5.74) is 7.59. The van der Waals surface area contributed by atoms with Crippen LogP contribution in [-0.2, 0) is 12.5 Å². The zero-order valence-electron chi connectivity index (χ0n) is 13.7. The molecule has 27 heavy (non-hydrogen) atoms. The third-order valence-electron chi connectivity index (χ3n) is 3.91. The van der Waals surface area contributed by atoms with Gasteiger partial charge in [0.1, 0.15) is 0 Å². The van der Waals surface area contributed by atoms with E-state index >= 15 is 0 Å². The topological polar surface area (TPSA) is 56.7 Å². The molecule has 2 heterocycles. The van der Waals surface area contributed by atoms with Crippen LogP contribution < -0.4 is 5.73 Å². The van der Waals surface area contributed by atoms with Gasteiger partial charge in [-0.15, -0.1) is 16.4 Å². The van der Waals surface area contributed by atoms with Crippen LogP contribution in [-0.4, -0.2) is 20.9 Å². The van der Waals surface area contributed by atoms with Crippen LogP contribution in [0.3, 0.4) is 0 Å². The van der Waals surface area contributed by atoms with Crippen LogP contribution in [0.15, 0.2) is 30.3 Å². The molecule has 11 heteroatoms. The van der Waals surface area contributed by atoms with Crippen LogP contribution in [0.5, 0.6) is 0 Å². The van der Waals surface area contributed by atoms with Gasteiger partial charge in [-0.2, -0.15) is 22.0 Å². The third-order valence-corrected chi connectivity index (χ3v) is 5.14. The van der Waals surface area contributed by atoms with Crippen LogP contribution in [0.2, 0.25) is 4.34 Å². The van der Waals surface area contributed by atoms with E-state index in [1.807, 2.05) is 0 Å². The minimum Gasteiger partial charge on any atom is -0.399 e. The van der Waals surface area contributed by atoms with Gasteiger partial charge in [-0.25, -0.2) is 9.67 Å². The Kier molecular flexibility index (Phi) is 4.89. The molecule has 0 unspecified atom stereocenters. The number of benzene rings is 1. The summed E-state index contributed by atoms with van der Waals surface area (Å²) in [6, 6.07) is 7.97. The number of nitrogens with two attached hydrogens (primary N) is 1. The minimum atomic E-state index is -5.81. The molecule has 0 radical (unpaired) electrons. The molecule has 2 N–H and O–H groups in total. The summed E-state index contributed by atoms with van der Waals surface area (Å²) < 4.78 is 67.1. The van der Waals surface area contributed by atoms with E-state index in [0.29, 0.717) is 26.0 Å². The number of rotatable bonds is 4. The Morgan fingerprint density at radius 1 is 1.15 bits per heavy atom. The van der Waals surface area contributed by atoms with Crippen molar-refractivity contribution in [3.8, 4) is 10.7 Å². The number of nitrogens with zero attached hydrogens (tertiary/aromatic N) is 3. The van der Waals surface area contributed by atoms with E-state index in [2.05, 4.69) is 10.1 Å². The number of aromatic nitrogens is 3. The number of anilines is 1. The van der Waals surface area contributed by atoms with E-state index in [-0.39, 0.29) is 12.4 Å². The molecule has 0 bridgehead atoms. The lowest BCUT2D eigenvalue weighted by Crippen LogP contribution is -2.35. The summed E-state index contributed by atoms with van der Waals surface area (Å²) in [6.45, 7) is 1.64. The fourth-order valence-electron chi connectivity index (χ4n) is 2.36. The Hall–Kier alpha value is -2.20. The third kappa shape index (κ3) is 3.63. The summed E-state index contributed by atoms with van der Waals surface area (Å²) in [7, 11) is 0. The first-order chi connectivity index (χ1) is 12.5. The van der Waals surface area contributed by atoms with Crippen molar-refractivity contribution in [2.45, 2.75) is 25.6 Å². The molecule has 0 fully saturated rings. The summed E-state index contributed by atoms with van der Waals surface area (Å²) in [5, 5.41) is 3.46. The second-order valence-electron chi connectivity index (χ2n) is 5.72. The Morgan fingerprint density at radius 3 is 2.44 bits per heavy atom. The number of nitrogen functional groups attached to an aromatic ring is 1. The minimum absolute atomic E-state index is 0.0807. The van der Waals surface area contributed by atoms with E-state index in [4.69, 9.17) is 17.3 Å². The number of hydrogen-bond acceptors (Lipinski definition) is 4. The van der Waals surface area contributed by atoms with Crippen molar-refractivity contribution in [3.05, 3.63) is 51.6 Å².